The van der Waals surface area contributed by atoms with Crippen LogP contribution in [0.3, 0.4) is 0 Å². The molecule has 0 spiro atoms. The van der Waals surface area contributed by atoms with Crippen molar-refractivity contribution in [2.75, 3.05) is 7.05 Å². The third-order valence-corrected chi connectivity index (χ3v) is 5.02. The maximum atomic E-state index is 5.96. The van der Waals surface area contributed by atoms with Crippen LogP contribution in [-0.2, 0) is 5.54 Å². The van der Waals surface area contributed by atoms with Crippen molar-refractivity contribution in [3.63, 3.8) is 0 Å². The van der Waals surface area contributed by atoms with E-state index in [4.69, 9.17) is 11.6 Å². The fraction of sp³-hybridized carbons (Fsp3) is 0.500. The quantitative estimate of drug-likeness (QED) is 0.865. The van der Waals surface area contributed by atoms with Crippen LogP contribution in [0.15, 0.2) is 10.5 Å². The van der Waals surface area contributed by atoms with Gasteiger partial charge in [-0.2, -0.15) is 0 Å². The zero-order valence-corrected chi connectivity index (χ0v) is 9.81. The lowest BCUT2D eigenvalue weighted by molar-refractivity contribution is 0.597. The van der Waals surface area contributed by atoms with Gasteiger partial charge in [0.25, 0.3) is 0 Å². The van der Waals surface area contributed by atoms with Crippen molar-refractivity contribution in [3.05, 3.63) is 19.8 Å². The van der Waals surface area contributed by atoms with Crippen LogP contribution < -0.4 is 5.32 Å². The van der Waals surface area contributed by atoms with E-state index in [0.29, 0.717) is 0 Å². The smallest absolute Gasteiger partial charge is 0.107 e. The van der Waals surface area contributed by atoms with Crippen LogP contribution in [0, 0.1) is 0 Å². The van der Waals surface area contributed by atoms with Crippen molar-refractivity contribution in [1.29, 1.82) is 0 Å². The van der Waals surface area contributed by atoms with Gasteiger partial charge in [-0.1, -0.05) is 11.6 Å². The van der Waals surface area contributed by atoms with Crippen LogP contribution in [0.5, 0.6) is 0 Å². The molecule has 1 aromatic rings. The van der Waals surface area contributed by atoms with Gasteiger partial charge in [0.05, 0.1) is 5.54 Å². The van der Waals surface area contributed by atoms with Gasteiger partial charge in [-0.15, -0.1) is 11.3 Å². The second kappa shape index (κ2) is 2.98. The minimum atomic E-state index is 0.250. The molecule has 12 heavy (non-hydrogen) atoms. The van der Waals surface area contributed by atoms with Crippen molar-refractivity contribution in [1.82, 2.24) is 5.32 Å². The van der Waals surface area contributed by atoms with Gasteiger partial charge in [0.2, 0.25) is 0 Å². The molecule has 0 amide bonds. The maximum absolute atomic E-state index is 5.96. The molecule has 1 saturated carbocycles. The van der Waals surface area contributed by atoms with Crippen LogP contribution in [0.2, 0.25) is 4.34 Å². The van der Waals surface area contributed by atoms with Gasteiger partial charge >= 0.3 is 0 Å². The second-order valence-corrected chi connectivity index (χ2v) is 5.57. The normalized spacial score (nSPS) is 19.6. The summed E-state index contributed by atoms with van der Waals surface area (Å²) in [6.07, 6.45) is 2.46. The average Bonchev–Trinajstić information content (AvgIpc) is 2.77. The highest BCUT2D eigenvalue weighted by Crippen LogP contribution is 2.50. The zero-order valence-electron chi connectivity index (χ0n) is 6.66. The third kappa shape index (κ3) is 1.33. The molecule has 1 heterocycles. The molecule has 0 bridgehead atoms. The predicted octanol–water partition coefficient (Wildman–Crippen LogP) is 3.37. The van der Waals surface area contributed by atoms with Gasteiger partial charge in [0.1, 0.15) is 4.34 Å². The van der Waals surface area contributed by atoms with Crippen LogP contribution in [-0.4, -0.2) is 7.05 Å². The summed E-state index contributed by atoms with van der Waals surface area (Å²) in [7, 11) is 2.01. The van der Waals surface area contributed by atoms with Crippen LogP contribution in [0.1, 0.15) is 17.7 Å². The first-order chi connectivity index (χ1) is 5.68. The summed E-state index contributed by atoms with van der Waals surface area (Å²) < 4.78 is 1.87. The zero-order chi connectivity index (χ0) is 8.77. The minimum Gasteiger partial charge on any atom is -0.310 e. The molecule has 0 unspecified atom stereocenters. The number of hydrogen-bond acceptors (Lipinski definition) is 2. The van der Waals surface area contributed by atoms with E-state index >= 15 is 0 Å². The van der Waals surface area contributed by atoms with E-state index in [1.165, 1.54) is 17.7 Å². The molecule has 1 aliphatic rings. The Hall–Kier alpha value is 0.430. The summed E-state index contributed by atoms with van der Waals surface area (Å²) in [5, 5.41) is 3.34. The fourth-order valence-electron chi connectivity index (χ4n) is 1.33. The number of hydrogen-bond donors (Lipinski definition) is 1. The van der Waals surface area contributed by atoms with Crippen LogP contribution in [0.25, 0.3) is 0 Å². The van der Waals surface area contributed by atoms with Crippen LogP contribution in [0.4, 0.5) is 0 Å². The molecule has 1 nitrogen and oxygen atoms in total. The van der Waals surface area contributed by atoms with E-state index in [2.05, 4.69) is 27.3 Å². The number of rotatable bonds is 2. The van der Waals surface area contributed by atoms with E-state index in [-0.39, 0.29) is 5.54 Å². The van der Waals surface area contributed by atoms with Crippen molar-refractivity contribution >= 4 is 38.9 Å². The Bertz CT molecular complexity index is 287. The van der Waals surface area contributed by atoms with E-state index in [1.807, 2.05) is 7.05 Å². The Labute approximate surface area is 89.2 Å². The molecule has 1 aliphatic carbocycles. The molecule has 0 atom stereocenters. The lowest BCUT2D eigenvalue weighted by Crippen LogP contribution is -2.22. The topological polar surface area (TPSA) is 12.0 Å². The number of thiophene rings is 1. The van der Waals surface area contributed by atoms with Gasteiger partial charge in [-0.25, -0.2) is 0 Å². The predicted molar refractivity (Wildman–Crippen MR) is 57.0 cm³/mol. The largest absolute Gasteiger partial charge is 0.310 e. The first kappa shape index (κ1) is 9.00. The van der Waals surface area contributed by atoms with Gasteiger partial charge in [0.15, 0.2) is 0 Å². The molecule has 1 N–H and O–H groups in total. The van der Waals surface area contributed by atoms with E-state index in [0.717, 1.165) is 8.81 Å². The lowest BCUT2D eigenvalue weighted by Gasteiger charge is -2.10. The van der Waals surface area contributed by atoms with Crippen molar-refractivity contribution in [2.45, 2.75) is 18.4 Å². The Balaban J connectivity index is 2.34. The average molecular weight is 267 g/mol. The monoisotopic (exact) mass is 265 g/mol. The van der Waals surface area contributed by atoms with Gasteiger partial charge in [-0.05, 0) is 41.9 Å². The lowest BCUT2D eigenvalue weighted by atomic mass is 10.2. The molecule has 66 valence electrons. The first-order valence-electron chi connectivity index (χ1n) is 3.82. The molecular weight excluding hydrogens is 258 g/mol. The van der Waals surface area contributed by atoms with Crippen LogP contribution >= 0.6 is 38.9 Å². The Kier molecular flexibility index (Phi) is 2.24. The van der Waals surface area contributed by atoms with Crippen molar-refractivity contribution in [2.24, 2.45) is 0 Å². The van der Waals surface area contributed by atoms with Gasteiger partial charge < -0.3 is 5.32 Å². The standard InChI is InChI=1S/C8H9BrClNS/c1-11-8(2-3-8)6-4-5(9)7(10)12-6/h4,11H,2-3H2,1H3. The molecule has 2 rings (SSSR count). The highest BCUT2D eigenvalue weighted by Gasteiger charge is 2.44. The number of nitrogens with one attached hydrogen (secondary N) is 1. The van der Waals surface area contributed by atoms with E-state index < -0.39 is 0 Å². The minimum absolute atomic E-state index is 0.250. The maximum Gasteiger partial charge on any atom is 0.107 e. The molecule has 0 aromatic carbocycles. The second-order valence-electron chi connectivity index (χ2n) is 3.06. The summed E-state index contributed by atoms with van der Waals surface area (Å²) in [6.45, 7) is 0. The molecular formula is C8H9BrClNS. The van der Waals surface area contributed by atoms with Crippen molar-refractivity contribution in [3.8, 4) is 0 Å². The Morgan fingerprint density at radius 2 is 2.33 bits per heavy atom. The summed E-state index contributed by atoms with van der Waals surface area (Å²) in [5.41, 5.74) is 0.250. The third-order valence-electron chi connectivity index (χ3n) is 2.35. The summed E-state index contributed by atoms with van der Waals surface area (Å²) in [6, 6.07) is 2.12. The molecule has 0 radical (unpaired) electrons. The van der Waals surface area contributed by atoms with E-state index in [9.17, 15) is 0 Å². The summed E-state index contributed by atoms with van der Waals surface area (Å²) in [4.78, 5) is 1.35. The Morgan fingerprint density at radius 3 is 2.67 bits per heavy atom. The highest BCUT2D eigenvalue weighted by atomic mass is 79.9. The van der Waals surface area contributed by atoms with Crippen molar-refractivity contribution < 1.29 is 0 Å². The van der Waals surface area contributed by atoms with E-state index in [1.54, 1.807) is 11.3 Å². The molecule has 0 saturated heterocycles. The summed E-state index contributed by atoms with van der Waals surface area (Å²) >= 11 is 11.0. The fourth-order valence-corrected chi connectivity index (χ4v) is 3.28. The first-order valence-corrected chi connectivity index (χ1v) is 5.81. The Morgan fingerprint density at radius 1 is 1.67 bits per heavy atom. The SMILES string of the molecule is CNC1(c2cc(Br)c(Cl)s2)CC1. The molecule has 1 fully saturated rings. The summed E-state index contributed by atoms with van der Waals surface area (Å²) in [5.74, 6) is 0. The number of halogens is 2. The van der Waals surface area contributed by atoms with Gasteiger partial charge in [0, 0.05) is 9.35 Å². The molecule has 0 aliphatic heterocycles. The highest BCUT2D eigenvalue weighted by molar-refractivity contribution is 9.10. The van der Waals surface area contributed by atoms with Gasteiger partial charge in [-0.3, -0.25) is 0 Å². The molecule has 4 heteroatoms. The molecule has 1 aromatic heterocycles.